The number of carbonyl (C=O) groups excluding carboxylic acids is 1. The van der Waals surface area contributed by atoms with Crippen LogP contribution in [-0.2, 0) is 10.3 Å². The fourth-order valence-corrected chi connectivity index (χ4v) is 4.02. The molecule has 3 heterocycles. The van der Waals surface area contributed by atoms with E-state index in [0.29, 0.717) is 11.8 Å². The molecule has 1 fully saturated rings. The highest BCUT2D eigenvalue weighted by molar-refractivity contribution is 5.90. The maximum absolute atomic E-state index is 13.5. The van der Waals surface area contributed by atoms with Crippen LogP contribution in [0.15, 0.2) is 73.2 Å². The van der Waals surface area contributed by atoms with Gasteiger partial charge in [-0.3, -0.25) is 0 Å². The number of hydrogen-bond donors (Lipinski definition) is 1. The molecule has 35 heavy (non-hydrogen) atoms. The van der Waals surface area contributed by atoms with Crippen molar-refractivity contribution in [1.82, 2.24) is 19.7 Å². The summed E-state index contributed by atoms with van der Waals surface area (Å²) < 4.78 is 33.7. The van der Waals surface area contributed by atoms with Crippen LogP contribution in [0.3, 0.4) is 0 Å². The van der Waals surface area contributed by atoms with E-state index in [4.69, 9.17) is 4.74 Å². The van der Waals surface area contributed by atoms with Gasteiger partial charge in [0.2, 0.25) is 5.95 Å². The Kier molecular flexibility index (Phi) is 5.64. The predicted molar refractivity (Wildman–Crippen MR) is 125 cm³/mol. The number of nitrogens with one attached hydrogen (secondary N) is 1. The molecule has 10 heteroatoms. The van der Waals surface area contributed by atoms with Crippen molar-refractivity contribution in [2.24, 2.45) is 0 Å². The fourth-order valence-electron chi connectivity index (χ4n) is 4.02. The molecule has 0 aliphatic carbocycles. The minimum Gasteiger partial charge on any atom is -0.446 e. The second-order valence-corrected chi connectivity index (χ2v) is 8.47. The van der Waals surface area contributed by atoms with Gasteiger partial charge in [-0.15, -0.1) is 0 Å². The minimum absolute atomic E-state index is 0.100. The van der Waals surface area contributed by atoms with Gasteiger partial charge >= 0.3 is 6.09 Å². The van der Waals surface area contributed by atoms with Gasteiger partial charge in [-0.2, -0.15) is 10.1 Å². The number of nitrogens with zero attached hydrogens (tertiary/aromatic N) is 5. The summed E-state index contributed by atoms with van der Waals surface area (Å²) in [6.07, 6.45) is 4.54. The number of rotatable bonds is 6. The molecule has 1 unspecified atom stereocenters. The lowest BCUT2D eigenvalue weighted by Gasteiger charge is -2.31. The third kappa shape index (κ3) is 4.30. The molecule has 2 aromatic carbocycles. The van der Waals surface area contributed by atoms with Crippen molar-refractivity contribution in [3.05, 3.63) is 95.9 Å². The van der Waals surface area contributed by atoms with E-state index in [1.165, 1.54) is 29.2 Å². The van der Waals surface area contributed by atoms with Crippen molar-refractivity contribution < 1.29 is 18.3 Å². The summed E-state index contributed by atoms with van der Waals surface area (Å²) in [5.74, 6) is -0.0123. The molecule has 1 amide bonds. The zero-order chi connectivity index (χ0) is 24.6. The maximum atomic E-state index is 13.5. The molecule has 5 rings (SSSR count). The van der Waals surface area contributed by atoms with Gasteiger partial charge in [0.15, 0.2) is 0 Å². The van der Waals surface area contributed by atoms with Gasteiger partial charge in [-0.25, -0.2) is 28.1 Å². The van der Waals surface area contributed by atoms with Crippen LogP contribution in [0, 0.1) is 11.6 Å². The van der Waals surface area contributed by atoms with Crippen molar-refractivity contribution in [2.45, 2.75) is 25.4 Å². The first kappa shape index (κ1) is 22.5. The highest BCUT2D eigenvalue weighted by atomic mass is 19.1. The van der Waals surface area contributed by atoms with Crippen LogP contribution in [0.1, 0.15) is 31.0 Å². The summed E-state index contributed by atoms with van der Waals surface area (Å²) >= 11 is 0. The Bertz CT molecular complexity index is 1360. The number of benzene rings is 2. The Morgan fingerprint density at radius 2 is 1.74 bits per heavy atom. The molecule has 0 spiro atoms. The standard InChI is InChI=1S/C25H22F2N6O2/c1-16(17-13-29-32(14-17)21-9-7-20(27)8-10-21)30-23-28-12-11-22(31-23)33-24(34)35-15-25(33,2)18-3-5-19(26)6-4-18/h3-14,16H,15H2,1-2H3,(H,28,30,31)/t16-,25?/m0/s1. The molecular formula is C25H22F2N6O2. The largest absolute Gasteiger partial charge is 0.446 e. The lowest BCUT2D eigenvalue weighted by atomic mass is 9.92. The minimum atomic E-state index is -0.863. The van der Waals surface area contributed by atoms with E-state index in [-0.39, 0.29) is 24.3 Å². The normalized spacial score (nSPS) is 18.4. The van der Waals surface area contributed by atoms with Crippen molar-refractivity contribution >= 4 is 17.9 Å². The molecule has 1 saturated heterocycles. The Labute approximate surface area is 200 Å². The molecule has 1 N–H and O–H groups in total. The van der Waals surface area contributed by atoms with Gasteiger partial charge in [0.25, 0.3) is 0 Å². The molecule has 178 valence electrons. The highest BCUT2D eigenvalue weighted by Crippen LogP contribution is 2.38. The van der Waals surface area contributed by atoms with Crippen LogP contribution in [0.2, 0.25) is 0 Å². The van der Waals surface area contributed by atoms with E-state index in [1.54, 1.807) is 47.4 Å². The van der Waals surface area contributed by atoms with Gasteiger partial charge in [-0.05, 0) is 61.9 Å². The Morgan fingerprint density at radius 1 is 1.06 bits per heavy atom. The third-order valence-electron chi connectivity index (χ3n) is 6.03. The van der Waals surface area contributed by atoms with Gasteiger partial charge < -0.3 is 10.1 Å². The fraction of sp³-hybridized carbons (Fsp3) is 0.200. The summed E-state index contributed by atoms with van der Waals surface area (Å²) in [5.41, 5.74) is 1.45. The molecule has 0 radical (unpaired) electrons. The molecule has 8 nitrogen and oxygen atoms in total. The number of hydrogen-bond acceptors (Lipinski definition) is 6. The first-order valence-electron chi connectivity index (χ1n) is 11.0. The first-order chi connectivity index (χ1) is 16.8. The summed E-state index contributed by atoms with van der Waals surface area (Å²) in [7, 11) is 0. The molecular weight excluding hydrogens is 454 g/mol. The van der Waals surface area contributed by atoms with E-state index < -0.39 is 11.6 Å². The Hall–Kier alpha value is -4.34. The average Bonchev–Trinajstić information content (AvgIpc) is 3.46. The van der Waals surface area contributed by atoms with E-state index in [1.807, 2.05) is 20.0 Å². The van der Waals surface area contributed by atoms with E-state index in [9.17, 15) is 13.6 Å². The average molecular weight is 476 g/mol. The molecule has 2 atom stereocenters. The summed E-state index contributed by atoms with van der Waals surface area (Å²) in [4.78, 5) is 22.9. The molecule has 4 aromatic rings. The number of aromatic nitrogens is 4. The zero-order valence-electron chi connectivity index (χ0n) is 19.0. The van der Waals surface area contributed by atoms with E-state index in [0.717, 1.165) is 16.8 Å². The second-order valence-electron chi connectivity index (χ2n) is 8.47. The molecule has 0 saturated carbocycles. The van der Waals surface area contributed by atoms with Gasteiger partial charge in [0.05, 0.1) is 17.9 Å². The van der Waals surface area contributed by atoms with Crippen LogP contribution >= 0.6 is 0 Å². The SMILES string of the molecule is C[C@H](Nc1nccc(N2C(=O)OCC2(C)c2ccc(F)cc2)n1)c1cnn(-c2ccc(F)cc2)c1. The van der Waals surface area contributed by atoms with E-state index >= 15 is 0 Å². The number of anilines is 2. The Morgan fingerprint density at radius 3 is 2.46 bits per heavy atom. The first-order valence-corrected chi connectivity index (χ1v) is 11.0. The van der Waals surface area contributed by atoms with Gasteiger partial charge in [0, 0.05) is 18.0 Å². The summed E-state index contributed by atoms with van der Waals surface area (Å²) in [5, 5.41) is 7.57. The second kappa shape index (κ2) is 8.79. The summed E-state index contributed by atoms with van der Waals surface area (Å²) in [6, 6.07) is 13.4. The Balaban J connectivity index is 1.37. The van der Waals surface area contributed by atoms with Crippen LogP contribution in [0.25, 0.3) is 5.69 Å². The smallest absolute Gasteiger partial charge is 0.416 e. The number of ether oxygens (including phenoxy) is 1. The van der Waals surface area contributed by atoms with E-state index in [2.05, 4.69) is 20.4 Å². The van der Waals surface area contributed by atoms with Crippen LogP contribution < -0.4 is 10.2 Å². The number of amides is 1. The molecule has 1 aliphatic rings. The lowest BCUT2D eigenvalue weighted by Crippen LogP contribution is -2.43. The summed E-state index contributed by atoms with van der Waals surface area (Å²) in [6.45, 7) is 3.87. The topological polar surface area (TPSA) is 85.2 Å². The van der Waals surface area contributed by atoms with Gasteiger partial charge in [-0.1, -0.05) is 12.1 Å². The molecule has 0 bridgehead atoms. The number of carbonyl (C=O) groups is 1. The highest BCUT2D eigenvalue weighted by Gasteiger charge is 2.47. The van der Waals surface area contributed by atoms with Crippen molar-refractivity contribution in [2.75, 3.05) is 16.8 Å². The van der Waals surface area contributed by atoms with Crippen LogP contribution in [0.5, 0.6) is 0 Å². The van der Waals surface area contributed by atoms with Crippen molar-refractivity contribution in [1.29, 1.82) is 0 Å². The van der Waals surface area contributed by atoms with Crippen molar-refractivity contribution in [3.8, 4) is 5.69 Å². The predicted octanol–water partition coefficient (Wildman–Crippen LogP) is 4.99. The van der Waals surface area contributed by atoms with Crippen LogP contribution in [0.4, 0.5) is 25.3 Å². The lowest BCUT2D eigenvalue weighted by molar-refractivity contribution is 0.174. The van der Waals surface area contributed by atoms with Crippen molar-refractivity contribution in [3.63, 3.8) is 0 Å². The quantitative estimate of drug-likeness (QED) is 0.422. The zero-order valence-corrected chi connectivity index (χ0v) is 19.0. The number of cyclic esters (lactones) is 1. The maximum Gasteiger partial charge on any atom is 0.416 e. The third-order valence-corrected chi connectivity index (χ3v) is 6.03. The molecule has 1 aliphatic heterocycles. The molecule has 2 aromatic heterocycles. The monoisotopic (exact) mass is 476 g/mol. The van der Waals surface area contributed by atoms with Crippen LogP contribution in [-0.4, -0.2) is 32.4 Å². The van der Waals surface area contributed by atoms with Gasteiger partial charge in [0.1, 0.15) is 29.6 Å². The number of halogens is 2.